The van der Waals surface area contributed by atoms with Crippen LogP contribution in [0.15, 0.2) is 24.3 Å². The maximum Gasteiger partial charge on any atom is 0.318 e. The fourth-order valence-electron chi connectivity index (χ4n) is 2.90. The Morgan fingerprint density at radius 2 is 1.91 bits per heavy atom. The Labute approximate surface area is 131 Å². The number of hydrogen-bond donors (Lipinski definition) is 0. The number of benzene rings is 1. The van der Waals surface area contributed by atoms with Gasteiger partial charge in [0.15, 0.2) is 0 Å². The fraction of sp³-hybridized carbons (Fsp3) is 0.529. The molecule has 0 bridgehead atoms. The normalized spacial score (nSPS) is 15.4. The molecule has 22 heavy (non-hydrogen) atoms. The van der Waals surface area contributed by atoms with Crippen molar-refractivity contribution in [3.05, 3.63) is 24.3 Å². The number of nitrogens with zero attached hydrogens (tertiary/aromatic N) is 4. The number of para-hydroxylation sites is 1. The standard InChI is InChI=1S/C17H24N4O/c1-20(2)16-14-8-3-4-9-15(14)18-17(19-16)22-13-7-12-21-10-5-6-11-21/h3-4,8-9H,5-7,10-13H2,1-2H3. The molecule has 1 aliphatic heterocycles. The van der Waals surface area contributed by atoms with Crippen LogP contribution in [0, 0.1) is 0 Å². The molecular weight excluding hydrogens is 276 g/mol. The lowest BCUT2D eigenvalue weighted by atomic mass is 10.2. The van der Waals surface area contributed by atoms with Gasteiger partial charge in [-0.25, -0.2) is 0 Å². The van der Waals surface area contributed by atoms with Crippen LogP contribution < -0.4 is 9.64 Å². The van der Waals surface area contributed by atoms with Crippen LogP contribution in [0.25, 0.3) is 10.9 Å². The third-order valence-electron chi connectivity index (χ3n) is 4.03. The molecule has 0 aliphatic carbocycles. The van der Waals surface area contributed by atoms with Gasteiger partial charge in [0.1, 0.15) is 5.82 Å². The van der Waals surface area contributed by atoms with Gasteiger partial charge in [-0.1, -0.05) is 12.1 Å². The molecule has 1 aromatic heterocycles. The van der Waals surface area contributed by atoms with Gasteiger partial charge in [0, 0.05) is 26.0 Å². The molecule has 0 atom stereocenters. The van der Waals surface area contributed by atoms with Crippen molar-refractivity contribution in [3.8, 4) is 6.01 Å². The predicted octanol–water partition coefficient (Wildman–Crippen LogP) is 2.56. The van der Waals surface area contributed by atoms with E-state index in [0.29, 0.717) is 12.6 Å². The Kier molecular flexibility index (Phi) is 4.73. The number of rotatable bonds is 6. The van der Waals surface area contributed by atoms with Crippen LogP contribution in [-0.4, -0.2) is 55.2 Å². The van der Waals surface area contributed by atoms with E-state index in [4.69, 9.17) is 4.74 Å². The third kappa shape index (κ3) is 3.47. The molecule has 118 valence electrons. The molecule has 1 fully saturated rings. The Morgan fingerprint density at radius 3 is 2.68 bits per heavy atom. The van der Waals surface area contributed by atoms with Crippen molar-refractivity contribution >= 4 is 16.7 Å². The van der Waals surface area contributed by atoms with Crippen molar-refractivity contribution in [2.24, 2.45) is 0 Å². The van der Waals surface area contributed by atoms with Gasteiger partial charge in [0.25, 0.3) is 0 Å². The topological polar surface area (TPSA) is 41.5 Å². The first-order valence-corrected chi connectivity index (χ1v) is 8.03. The molecule has 0 N–H and O–H groups in total. The molecule has 1 aliphatic rings. The summed E-state index contributed by atoms with van der Waals surface area (Å²) in [7, 11) is 3.98. The van der Waals surface area contributed by atoms with E-state index in [1.54, 1.807) is 0 Å². The number of hydrogen-bond acceptors (Lipinski definition) is 5. The third-order valence-corrected chi connectivity index (χ3v) is 4.03. The van der Waals surface area contributed by atoms with Gasteiger partial charge in [-0.15, -0.1) is 0 Å². The molecule has 1 saturated heterocycles. The van der Waals surface area contributed by atoms with Crippen molar-refractivity contribution in [2.45, 2.75) is 19.3 Å². The zero-order valence-corrected chi connectivity index (χ0v) is 13.5. The first kappa shape index (κ1) is 15.0. The van der Waals surface area contributed by atoms with E-state index in [1.165, 1.54) is 25.9 Å². The molecule has 0 amide bonds. The molecule has 0 unspecified atom stereocenters. The van der Waals surface area contributed by atoms with Crippen LogP contribution in [0.5, 0.6) is 6.01 Å². The molecule has 3 rings (SSSR count). The average Bonchev–Trinajstić information content (AvgIpc) is 3.04. The van der Waals surface area contributed by atoms with Gasteiger partial charge in [0.2, 0.25) is 0 Å². The van der Waals surface area contributed by atoms with Crippen LogP contribution >= 0.6 is 0 Å². The van der Waals surface area contributed by atoms with E-state index < -0.39 is 0 Å². The summed E-state index contributed by atoms with van der Waals surface area (Å²) < 4.78 is 5.79. The van der Waals surface area contributed by atoms with Gasteiger partial charge in [0.05, 0.1) is 12.1 Å². The summed E-state index contributed by atoms with van der Waals surface area (Å²) in [4.78, 5) is 13.6. The Hall–Kier alpha value is -1.88. The summed E-state index contributed by atoms with van der Waals surface area (Å²) in [5, 5.41) is 1.05. The minimum atomic E-state index is 0.476. The summed E-state index contributed by atoms with van der Waals surface area (Å²) in [6.45, 7) is 4.24. The molecule has 0 spiro atoms. The van der Waals surface area contributed by atoms with Gasteiger partial charge < -0.3 is 14.5 Å². The second-order valence-corrected chi connectivity index (χ2v) is 5.99. The minimum absolute atomic E-state index is 0.476. The maximum atomic E-state index is 5.79. The molecule has 0 saturated carbocycles. The van der Waals surface area contributed by atoms with Gasteiger partial charge in [-0.2, -0.15) is 9.97 Å². The average molecular weight is 300 g/mol. The highest BCUT2D eigenvalue weighted by Crippen LogP contribution is 2.24. The minimum Gasteiger partial charge on any atom is -0.463 e. The summed E-state index contributed by atoms with van der Waals surface area (Å²) in [5.41, 5.74) is 0.927. The van der Waals surface area contributed by atoms with E-state index >= 15 is 0 Å². The van der Waals surface area contributed by atoms with Gasteiger partial charge in [-0.3, -0.25) is 0 Å². The van der Waals surface area contributed by atoms with Crippen LogP contribution in [0.2, 0.25) is 0 Å². The van der Waals surface area contributed by atoms with E-state index in [-0.39, 0.29) is 0 Å². The SMILES string of the molecule is CN(C)c1nc(OCCCN2CCCC2)nc2ccccc12. The van der Waals surface area contributed by atoms with Crippen LogP contribution in [-0.2, 0) is 0 Å². The fourth-order valence-corrected chi connectivity index (χ4v) is 2.90. The zero-order valence-electron chi connectivity index (χ0n) is 13.5. The van der Waals surface area contributed by atoms with Crippen LogP contribution in [0.1, 0.15) is 19.3 Å². The van der Waals surface area contributed by atoms with Crippen molar-refractivity contribution < 1.29 is 4.74 Å². The Balaban J connectivity index is 1.65. The lowest BCUT2D eigenvalue weighted by Gasteiger charge is -2.16. The van der Waals surface area contributed by atoms with E-state index in [0.717, 1.165) is 29.7 Å². The van der Waals surface area contributed by atoms with Crippen molar-refractivity contribution in [3.63, 3.8) is 0 Å². The Morgan fingerprint density at radius 1 is 1.14 bits per heavy atom. The number of ether oxygens (including phenoxy) is 1. The van der Waals surface area contributed by atoms with Crippen molar-refractivity contribution in [1.29, 1.82) is 0 Å². The number of fused-ring (bicyclic) bond motifs is 1. The second kappa shape index (κ2) is 6.92. The lowest BCUT2D eigenvalue weighted by Crippen LogP contribution is -2.22. The smallest absolute Gasteiger partial charge is 0.318 e. The van der Waals surface area contributed by atoms with E-state index in [2.05, 4.69) is 14.9 Å². The highest BCUT2D eigenvalue weighted by Gasteiger charge is 2.12. The van der Waals surface area contributed by atoms with Gasteiger partial charge in [-0.05, 0) is 44.5 Å². The molecule has 0 radical (unpaired) electrons. The summed E-state index contributed by atoms with van der Waals surface area (Å²) in [6.07, 6.45) is 3.69. The Bertz CT molecular complexity index is 623. The molecule has 5 heteroatoms. The number of aromatic nitrogens is 2. The molecule has 2 aromatic rings. The van der Waals surface area contributed by atoms with Crippen LogP contribution in [0.4, 0.5) is 5.82 Å². The van der Waals surface area contributed by atoms with E-state index in [1.807, 2.05) is 43.3 Å². The first-order valence-electron chi connectivity index (χ1n) is 8.03. The number of anilines is 1. The molecule has 1 aromatic carbocycles. The summed E-state index contributed by atoms with van der Waals surface area (Å²) in [6, 6.07) is 8.52. The predicted molar refractivity (Wildman–Crippen MR) is 89.7 cm³/mol. The van der Waals surface area contributed by atoms with Crippen LogP contribution in [0.3, 0.4) is 0 Å². The monoisotopic (exact) mass is 300 g/mol. The summed E-state index contributed by atoms with van der Waals surface area (Å²) >= 11 is 0. The second-order valence-electron chi connectivity index (χ2n) is 5.99. The van der Waals surface area contributed by atoms with E-state index in [9.17, 15) is 0 Å². The van der Waals surface area contributed by atoms with Gasteiger partial charge >= 0.3 is 6.01 Å². The first-order chi connectivity index (χ1) is 10.7. The molecule has 5 nitrogen and oxygen atoms in total. The van der Waals surface area contributed by atoms with Crippen molar-refractivity contribution in [2.75, 3.05) is 45.2 Å². The summed E-state index contributed by atoms with van der Waals surface area (Å²) in [5.74, 6) is 0.903. The van der Waals surface area contributed by atoms with Crippen molar-refractivity contribution in [1.82, 2.24) is 14.9 Å². The largest absolute Gasteiger partial charge is 0.463 e. The maximum absolute atomic E-state index is 5.79. The highest BCUT2D eigenvalue weighted by molar-refractivity contribution is 5.89. The zero-order chi connectivity index (χ0) is 15.4. The lowest BCUT2D eigenvalue weighted by molar-refractivity contribution is 0.250. The number of likely N-dealkylation sites (tertiary alicyclic amines) is 1. The quantitative estimate of drug-likeness (QED) is 0.767. The highest BCUT2D eigenvalue weighted by atomic mass is 16.5. The molecular formula is C17H24N4O. The molecule has 2 heterocycles.